The van der Waals surface area contributed by atoms with Gasteiger partial charge in [0.25, 0.3) is 0 Å². The molecule has 2 saturated heterocycles. The minimum absolute atomic E-state index is 0.00280. The molecule has 0 radical (unpaired) electrons. The summed E-state index contributed by atoms with van der Waals surface area (Å²) in [5.41, 5.74) is -1.03. The lowest BCUT2D eigenvalue weighted by Gasteiger charge is -2.35. The third-order valence-electron chi connectivity index (χ3n) is 12.5. The second-order valence-electron chi connectivity index (χ2n) is 17.7. The molecule has 2 aliphatic heterocycles. The van der Waals surface area contributed by atoms with Crippen molar-refractivity contribution in [2.75, 3.05) is 59.7 Å². The van der Waals surface area contributed by atoms with Gasteiger partial charge in [-0.1, -0.05) is 45.7 Å². The van der Waals surface area contributed by atoms with E-state index in [1.54, 1.807) is 13.2 Å². The topological polar surface area (TPSA) is 178 Å². The van der Waals surface area contributed by atoms with Crippen molar-refractivity contribution in [1.82, 2.24) is 25.4 Å². The highest BCUT2D eigenvalue weighted by Crippen LogP contribution is 2.52. The first kappa shape index (κ1) is 42.2. The molecule has 15 nitrogen and oxygen atoms in total. The van der Waals surface area contributed by atoms with Gasteiger partial charge < -0.3 is 44.3 Å². The fourth-order valence-corrected chi connectivity index (χ4v) is 9.20. The Bertz CT molecular complexity index is 1860. The number of aromatic nitrogens is 1. The van der Waals surface area contributed by atoms with Crippen LogP contribution in [0.2, 0.25) is 5.02 Å². The minimum Gasteiger partial charge on any atom is -0.491 e. The van der Waals surface area contributed by atoms with E-state index >= 15 is 0 Å². The number of methoxy groups -OCH3 is 1. The van der Waals surface area contributed by atoms with Crippen molar-refractivity contribution in [2.45, 2.75) is 102 Å². The summed E-state index contributed by atoms with van der Waals surface area (Å²) in [5.74, 6) is -0.241. The lowest BCUT2D eigenvalue weighted by Crippen LogP contribution is -2.59. The Balaban J connectivity index is 1.14. The van der Waals surface area contributed by atoms with Crippen molar-refractivity contribution in [1.29, 1.82) is 0 Å². The number of nitrogens with one attached hydrogen (secondary N) is 2. The van der Waals surface area contributed by atoms with Crippen LogP contribution in [0, 0.1) is 23.2 Å². The number of amides is 3. The zero-order valence-corrected chi connectivity index (χ0v) is 35.0. The second-order valence-corrected chi connectivity index (χ2v) is 18.1. The predicted octanol–water partition coefficient (Wildman–Crippen LogP) is 4.45. The number of hydrogen-bond acceptors (Lipinski definition) is 11. The molecule has 5 aliphatic rings. The van der Waals surface area contributed by atoms with E-state index in [1.807, 2.05) is 39.8 Å². The molecule has 5 fully saturated rings. The summed E-state index contributed by atoms with van der Waals surface area (Å²) in [6.07, 6.45) is 2.71. The molecular formula is C42H58ClN5O10. The molecule has 0 spiro atoms. The standard InChI is InChI=1S/C42H58ClN5O10/c1-6-26-22-42(26,39(51)52)46-37(49)31-21-29(23-48(31)38(50)36(41(2,3)4)45-40(53)58-28-18-24-17-25(24)19-28)57-33-20-27(9-13-54-5)44-35-30(33)7-8-32(34(35)43)56-16-12-47-10-14-55-15-11-47/h7-8,20,24-26,28-29,31,36H,6,9-19,21-23H2,1-5H3,(H,45,53)(H,46,49)(H,51,52)/t24-,25+,26-,28?,29?,31+,36-,42-/m1/s1. The zero-order valence-electron chi connectivity index (χ0n) is 34.2. The average Bonchev–Trinajstić information content (AvgIpc) is 4.00. The number of rotatable bonds is 16. The van der Waals surface area contributed by atoms with Gasteiger partial charge >= 0.3 is 12.1 Å². The minimum atomic E-state index is -1.40. The molecule has 2 unspecified atom stereocenters. The van der Waals surface area contributed by atoms with Gasteiger partial charge in [0.1, 0.15) is 53.0 Å². The molecule has 3 heterocycles. The quantitative estimate of drug-likeness (QED) is 0.217. The van der Waals surface area contributed by atoms with Crippen molar-refractivity contribution in [3.63, 3.8) is 0 Å². The molecule has 3 N–H and O–H groups in total. The summed E-state index contributed by atoms with van der Waals surface area (Å²) in [6.45, 7) is 12.0. The fraction of sp³-hybridized carbons (Fsp3) is 0.690. The monoisotopic (exact) mass is 827 g/mol. The maximum absolute atomic E-state index is 14.7. The van der Waals surface area contributed by atoms with Crippen LogP contribution in [-0.4, -0.2) is 133 Å². The molecule has 1 aromatic heterocycles. The van der Waals surface area contributed by atoms with Gasteiger partial charge in [0.2, 0.25) is 11.8 Å². The molecule has 58 heavy (non-hydrogen) atoms. The Kier molecular flexibility index (Phi) is 12.6. The summed E-state index contributed by atoms with van der Waals surface area (Å²) in [6, 6.07) is 3.31. The van der Waals surface area contributed by atoms with Crippen LogP contribution in [0.4, 0.5) is 4.79 Å². The van der Waals surface area contributed by atoms with E-state index in [-0.39, 0.29) is 25.0 Å². The highest BCUT2D eigenvalue weighted by molar-refractivity contribution is 6.36. The van der Waals surface area contributed by atoms with E-state index in [0.717, 1.165) is 32.5 Å². The number of halogens is 1. The van der Waals surface area contributed by atoms with Crippen molar-refractivity contribution >= 4 is 46.4 Å². The highest BCUT2D eigenvalue weighted by atomic mass is 35.5. The van der Waals surface area contributed by atoms with Gasteiger partial charge in [-0.25, -0.2) is 9.59 Å². The molecular weight excluding hydrogens is 770 g/mol. The van der Waals surface area contributed by atoms with Crippen LogP contribution < -0.4 is 20.1 Å². The molecule has 3 amide bonds. The largest absolute Gasteiger partial charge is 0.491 e. The summed E-state index contributed by atoms with van der Waals surface area (Å²) in [7, 11) is 1.61. The lowest BCUT2D eigenvalue weighted by molar-refractivity contribution is -0.146. The Morgan fingerprint density at radius 2 is 1.79 bits per heavy atom. The van der Waals surface area contributed by atoms with Gasteiger partial charge in [-0.05, 0) is 61.0 Å². The first-order valence-electron chi connectivity index (χ1n) is 20.7. The predicted molar refractivity (Wildman–Crippen MR) is 214 cm³/mol. The molecule has 2 aromatic rings. The Labute approximate surface area is 344 Å². The number of alkyl carbamates (subject to hydrolysis) is 1. The zero-order chi connectivity index (χ0) is 41.4. The van der Waals surface area contributed by atoms with E-state index in [9.17, 15) is 24.3 Å². The number of carboxylic acid groups (broad SMARTS) is 1. The molecule has 16 heteroatoms. The van der Waals surface area contributed by atoms with Crippen molar-refractivity contribution < 1.29 is 48.0 Å². The summed E-state index contributed by atoms with van der Waals surface area (Å²) >= 11 is 6.98. The van der Waals surface area contributed by atoms with Crippen LogP contribution in [0.3, 0.4) is 0 Å². The van der Waals surface area contributed by atoms with E-state index in [4.69, 9.17) is 40.3 Å². The maximum atomic E-state index is 14.7. The van der Waals surface area contributed by atoms with Crippen molar-refractivity contribution in [3.8, 4) is 11.5 Å². The number of nitrogens with zero attached hydrogens (tertiary/aromatic N) is 3. The van der Waals surface area contributed by atoms with Crippen LogP contribution in [0.5, 0.6) is 11.5 Å². The number of fused-ring (bicyclic) bond motifs is 2. The van der Waals surface area contributed by atoms with E-state index < -0.39 is 53.0 Å². The Morgan fingerprint density at radius 1 is 1.05 bits per heavy atom. The molecule has 7 rings (SSSR count). The smallest absolute Gasteiger partial charge is 0.408 e. The van der Waals surface area contributed by atoms with Gasteiger partial charge in [0.05, 0.1) is 31.9 Å². The van der Waals surface area contributed by atoms with Crippen LogP contribution >= 0.6 is 11.6 Å². The van der Waals surface area contributed by atoms with E-state index in [1.165, 1.54) is 11.3 Å². The fourth-order valence-electron chi connectivity index (χ4n) is 8.93. The third kappa shape index (κ3) is 9.27. The number of morpholine rings is 1. The van der Waals surface area contributed by atoms with Gasteiger partial charge in [-0.3, -0.25) is 19.5 Å². The van der Waals surface area contributed by atoms with Crippen LogP contribution in [0.15, 0.2) is 18.2 Å². The Hall–Kier alpha value is -3.92. The van der Waals surface area contributed by atoms with Crippen molar-refractivity contribution in [3.05, 3.63) is 28.9 Å². The van der Waals surface area contributed by atoms with E-state index in [0.29, 0.717) is 90.6 Å². The SMILES string of the molecule is CC[C@@H]1C[C@]1(NC(=O)[C@@H]1CC(Oc2cc(CCOC)nc3c(Cl)c(OCCN4CCOCC4)ccc23)CN1C(=O)[C@@H](NC(=O)OC1C[C@@H]2C[C@@H]2C1)C(C)(C)C)C(=O)O. The summed E-state index contributed by atoms with van der Waals surface area (Å²) in [4.78, 5) is 63.1. The average molecular weight is 828 g/mol. The molecule has 3 saturated carbocycles. The normalized spacial score (nSPS) is 28.4. The van der Waals surface area contributed by atoms with Gasteiger partial charge in [-0.2, -0.15) is 0 Å². The molecule has 8 atom stereocenters. The number of likely N-dealkylation sites (tertiary alicyclic amines) is 1. The van der Waals surface area contributed by atoms with Crippen LogP contribution in [-0.2, 0) is 35.0 Å². The number of aliphatic carboxylic acids is 1. The van der Waals surface area contributed by atoms with Gasteiger partial charge in [0.15, 0.2) is 0 Å². The molecule has 0 bridgehead atoms. The number of carboxylic acids is 1. The maximum Gasteiger partial charge on any atom is 0.408 e. The number of carbonyl (C=O) groups is 4. The van der Waals surface area contributed by atoms with Crippen LogP contribution in [0.25, 0.3) is 10.9 Å². The number of carbonyl (C=O) groups excluding carboxylic acids is 3. The number of hydrogen-bond donors (Lipinski definition) is 3. The highest BCUT2D eigenvalue weighted by Gasteiger charge is 2.61. The Morgan fingerprint density at radius 3 is 2.45 bits per heavy atom. The lowest BCUT2D eigenvalue weighted by atomic mass is 9.85. The van der Waals surface area contributed by atoms with Gasteiger partial charge in [-0.15, -0.1) is 0 Å². The molecule has 3 aliphatic carbocycles. The third-order valence-corrected chi connectivity index (χ3v) is 12.9. The van der Waals surface area contributed by atoms with Crippen LogP contribution in [0.1, 0.15) is 71.9 Å². The first-order valence-corrected chi connectivity index (χ1v) is 21.1. The molecule has 318 valence electrons. The first-order chi connectivity index (χ1) is 27.7. The summed E-state index contributed by atoms with van der Waals surface area (Å²) in [5, 5.41) is 16.7. The number of benzene rings is 1. The van der Waals surface area contributed by atoms with Gasteiger partial charge in [0, 0.05) is 56.7 Å². The van der Waals surface area contributed by atoms with Crippen molar-refractivity contribution in [2.24, 2.45) is 23.2 Å². The molecule has 1 aromatic carbocycles. The number of pyridine rings is 1. The second kappa shape index (κ2) is 17.4. The van der Waals surface area contributed by atoms with E-state index in [2.05, 4.69) is 15.5 Å². The number of ether oxygens (including phenoxy) is 5. The summed E-state index contributed by atoms with van der Waals surface area (Å²) < 4.78 is 29.4.